The van der Waals surface area contributed by atoms with Gasteiger partial charge in [-0.05, 0) is 42.7 Å². The molecule has 0 radical (unpaired) electrons. The summed E-state index contributed by atoms with van der Waals surface area (Å²) in [5.41, 5.74) is 2.37. The van der Waals surface area contributed by atoms with Gasteiger partial charge < -0.3 is 20.0 Å². The average Bonchev–Trinajstić information content (AvgIpc) is 2.83. The molecule has 3 amide bonds. The van der Waals surface area contributed by atoms with E-state index in [1.807, 2.05) is 45.0 Å². The highest BCUT2D eigenvalue weighted by Gasteiger charge is 2.26. The molecule has 2 fully saturated rings. The molecular formula is C24H29FN4O2. The lowest BCUT2D eigenvalue weighted by Gasteiger charge is -2.36. The highest BCUT2D eigenvalue weighted by atomic mass is 19.1. The molecule has 31 heavy (non-hydrogen) atoms. The van der Waals surface area contributed by atoms with Crippen LogP contribution in [-0.4, -0.2) is 68.1 Å². The summed E-state index contributed by atoms with van der Waals surface area (Å²) in [5.74, 6) is 0.0129. The van der Waals surface area contributed by atoms with Crippen LogP contribution in [0.4, 0.5) is 14.9 Å². The van der Waals surface area contributed by atoms with E-state index in [4.69, 9.17) is 0 Å². The molecule has 1 N–H and O–H groups in total. The van der Waals surface area contributed by atoms with Crippen molar-refractivity contribution >= 4 is 17.6 Å². The number of halogens is 1. The Labute approximate surface area is 182 Å². The molecule has 1 unspecified atom stereocenters. The number of piperidine rings is 1. The Bertz CT molecular complexity index is 943. The molecular weight excluding hydrogens is 395 g/mol. The molecule has 1 atom stereocenters. The summed E-state index contributed by atoms with van der Waals surface area (Å²) in [5, 5.41) is 2.70. The molecule has 164 valence electrons. The van der Waals surface area contributed by atoms with Gasteiger partial charge >= 0.3 is 6.03 Å². The van der Waals surface area contributed by atoms with Crippen molar-refractivity contribution in [3.8, 4) is 0 Å². The van der Waals surface area contributed by atoms with Crippen LogP contribution in [0.5, 0.6) is 0 Å². The smallest absolute Gasteiger partial charge is 0.317 e. The van der Waals surface area contributed by atoms with Crippen LogP contribution >= 0.6 is 0 Å². The number of nitrogens with zero attached hydrogens (tertiary/aromatic N) is 3. The van der Waals surface area contributed by atoms with E-state index < -0.39 is 0 Å². The van der Waals surface area contributed by atoms with Gasteiger partial charge in [0.15, 0.2) is 0 Å². The van der Waals surface area contributed by atoms with Crippen molar-refractivity contribution in [3.05, 3.63) is 65.5 Å². The first-order chi connectivity index (χ1) is 15.1. The molecule has 0 saturated carbocycles. The van der Waals surface area contributed by atoms with Crippen LogP contribution in [0, 0.1) is 5.82 Å². The molecule has 2 aliphatic rings. The Balaban J connectivity index is 1.41. The number of carbonyl (C=O) groups is 2. The van der Waals surface area contributed by atoms with Crippen LogP contribution in [0.1, 0.15) is 34.7 Å². The quantitative estimate of drug-likeness (QED) is 0.823. The van der Waals surface area contributed by atoms with E-state index in [2.05, 4.69) is 5.32 Å². The zero-order valence-corrected chi connectivity index (χ0v) is 17.9. The highest BCUT2D eigenvalue weighted by Crippen LogP contribution is 2.28. The van der Waals surface area contributed by atoms with Gasteiger partial charge in [0.1, 0.15) is 5.82 Å². The maximum Gasteiger partial charge on any atom is 0.317 e. The van der Waals surface area contributed by atoms with Gasteiger partial charge in [-0.1, -0.05) is 24.3 Å². The number of amides is 3. The molecule has 2 saturated heterocycles. The van der Waals surface area contributed by atoms with Gasteiger partial charge in [0.05, 0.1) is 5.69 Å². The molecule has 6 nitrogen and oxygen atoms in total. The van der Waals surface area contributed by atoms with Crippen molar-refractivity contribution in [2.45, 2.75) is 18.8 Å². The second kappa shape index (κ2) is 9.37. The lowest BCUT2D eigenvalue weighted by atomic mass is 9.89. The van der Waals surface area contributed by atoms with Gasteiger partial charge in [-0.25, -0.2) is 9.18 Å². The van der Waals surface area contributed by atoms with E-state index in [1.54, 1.807) is 19.2 Å². The number of benzene rings is 2. The van der Waals surface area contributed by atoms with Gasteiger partial charge in [-0.15, -0.1) is 0 Å². The zero-order chi connectivity index (χ0) is 21.8. The third-order valence-corrected chi connectivity index (χ3v) is 6.29. The second-order valence-corrected chi connectivity index (χ2v) is 8.20. The predicted octanol–water partition coefficient (Wildman–Crippen LogP) is 3.31. The first kappa shape index (κ1) is 21.2. The summed E-state index contributed by atoms with van der Waals surface area (Å²) in [6.07, 6.45) is 1.96. The number of hydrogen-bond donors (Lipinski definition) is 1. The number of urea groups is 1. The summed E-state index contributed by atoms with van der Waals surface area (Å²) < 4.78 is 14.1. The Morgan fingerprint density at radius 3 is 2.48 bits per heavy atom. The van der Waals surface area contributed by atoms with Crippen molar-refractivity contribution in [1.29, 1.82) is 0 Å². The normalized spacial score (nSPS) is 19.3. The number of likely N-dealkylation sites (tertiary alicyclic amines) is 1. The first-order valence-electron chi connectivity index (χ1n) is 10.9. The van der Waals surface area contributed by atoms with Crippen molar-refractivity contribution in [1.82, 2.24) is 15.1 Å². The van der Waals surface area contributed by atoms with Crippen molar-refractivity contribution in [2.24, 2.45) is 0 Å². The molecule has 7 heteroatoms. The fraction of sp³-hybridized carbons (Fsp3) is 0.417. The van der Waals surface area contributed by atoms with Crippen LogP contribution in [0.25, 0.3) is 0 Å². The molecule has 2 heterocycles. The maximum absolute atomic E-state index is 14.1. The van der Waals surface area contributed by atoms with E-state index >= 15 is 0 Å². The molecule has 0 spiro atoms. The van der Waals surface area contributed by atoms with Crippen LogP contribution in [-0.2, 0) is 0 Å². The summed E-state index contributed by atoms with van der Waals surface area (Å²) in [7, 11) is 1.65. The Hall–Kier alpha value is -3.09. The maximum atomic E-state index is 14.1. The van der Waals surface area contributed by atoms with Crippen molar-refractivity contribution < 1.29 is 14.0 Å². The zero-order valence-electron chi connectivity index (χ0n) is 17.9. The molecule has 4 rings (SSSR count). The third kappa shape index (κ3) is 4.65. The molecule has 2 aliphatic heterocycles. The van der Waals surface area contributed by atoms with E-state index in [0.29, 0.717) is 44.0 Å². The first-order valence-corrected chi connectivity index (χ1v) is 10.9. The minimum Gasteiger partial charge on any atom is -0.366 e. The number of carbonyl (C=O) groups excluding carboxylic acids is 2. The average molecular weight is 425 g/mol. The molecule has 2 aromatic carbocycles. The summed E-state index contributed by atoms with van der Waals surface area (Å²) in [4.78, 5) is 30.8. The SMILES string of the molecule is CNC(=O)N1CCCC(c2cccc(C(=O)N3CCN(c4ccccc4F)CC3)c2)C1. The largest absolute Gasteiger partial charge is 0.366 e. The number of nitrogens with one attached hydrogen (secondary N) is 1. The van der Waals surface area contributed by atoms with Gasteiger partial charge in [0.25, 0.3) is 5.91 Å². The Morgan fingerprint density at radius 2 is 1.74 bits per heavy atom. The highest BCUT2D eigenvalue weighted by molar-refractivity contribution is 5.94. The molecule has 0 aliphatic carbocycles. The molecule has 0 bridgehead atoms. The fourth-order valence-corrected chi connectivity index (χ4v) is 4.56. The van der Waals surface area contributed by atoms with Crippen LogP contribution in [0.15, 0.2) is 48.5 Å². The molecule has 0 aromatic heterocycles. The standard InChI is InChI=1S/C24H29FN4O2/c1-26-24(31)29-11-5-8-20(17-29)18-6-4-7-19(16-18)23(30)28-14-12-27(13-15-28)22-10-3-2-9-21(22)25/h2-4,6-7,9-10,16,20H,5,8,11-15,17H2,1H3,(H,26,31). The third-order valence-electron chi connectivity index (χ3n) is 6.29. The lowest BCUT2D eigenvalue weighted by Crippen LogP contribution is -2.49. The van der Waals surface area contributed by atoms with E-state index in [9.17, 15) is 14.0 Å². The minimum absolute atomic E-state index is 0.00833. The number of rotatable bonds is 3. The summed E-state index contributed by atoms with van der Waals surface area (Å²) in [6, 6.07) is 14.5. The van der Waals surface area contributed by atoms with E-state index in [1.165, 1.54) is 6.07 Å². The Morgan fingerprint density at radius 1 is 0.968 bits per heavy atom. The van der Waals surface area contributed by atoms with E-state index in [0.717, 1.165) is 24.9 Å². The van der Waals surface area contributed by atoms with Gasteiger partial charge in [0.2, 0.25) is 0 Å². The molecule has 2 aromatic rings. The fourth-order valence-electron chi connectivity index (χ4n) is 4.56. The predicted molar refractivity (Wildman–Crippen MR) is 119 cm³/mol. The summed E-state index contributed by atoms with van der Waals surface area (Å²) in [6.45, 7) is 3.77. The van der Waals surface area contributed by atoms with Crippen molar-refractivity contribution in [3.63, 3.8) is 0 Å². The van der Waals surface area contributed by atoms with Gasteiger partial charge in [0, 0.05) is 57.8 Å². The van der Waals surface area contributed by atoms with Crippen LogP contribution in [0.3, 0.4) is 0 Å². The van der Waals surface area contributed by atoms with Crippen LogP contribution < -0.4 is 10.2 Å². The monoisotopic (exact) mass is 424 g/mol. The Kier molecular flexibility index (Phi) is 6.39. The van der Waals surface area contributed by atoms with E-state index in [-0.39, 0.29) is 23.7 Å². The second-order valence-electron chi connectivity index (χ2n) is 8.20. The number of hydrogen-bond acceptors (Lipinski definition) is 3. The number of piperazine rings is 1. The topological polar surface area (TPSA) is 55.9 Å². The lowest BCUT2D eigenvalue weighted by molar-refractivity contribution is 0.0746. The van der Waals surface area contributed by atoms with Gasteiger partial charge in [-0.2, -0.15) is 0 Å². The van der Waals surface area contributed by atoms with Gasteiger partial charge in [-0.3, -0.25) is 4.79 Å². The number of anilines is 1. The number of para-hydroxylation sites is 1. The minimum atomic E-state index is -0.228. The summed E-state index contributed by atoms with van der Waals surface area (Å²) >= 11 is 0. The van der Waals surface area contributed by atoms with Crippen molar-refractivity contribution in [2.75, 3.05) is 51.2 Å². The van der Waals surface area contributed by atoms with Crippen LogP contribution in [0.2, 0.25) is 0 Å².